The highest BCUT2D eigenvalue weighted by atomic mass is 35.5. The molecule has 2 aromatic rings. The van der Waals surface area contributed by atoms with E-state index in [1.165, 1.54) is 20.3 Å². The highest BCUT2D eigenvalue weighted by molar-refractivity contribution is 6.33. The molecule has 0 atom stereocenters. The van der Waals surface area contributed by atoms with E-state index < -0.39 is 11.6 Å². The largest absolute Gasteiger partial charge is 0.493 e. The smallest absolute Gasteiger partial charge is 0.179 e. The van der Waals surface area contributed by atoms with E-state index >= 15 is 0 Å². The lowest BCUT2D eigenvalue weighted by molar-refractivity contribution is 0.355. The van der Waals surface area contributed by atoms with Crippen molar-refractivity contribution >= 4 is 17.3 Å². The van der Waals surface area contributed by atoms with Crippen molar-refractivity contribution < 1.29 is 18.3 Å². The first-order valence-corrected chi connectivity index (χ1v) is 6.53. The number of hydrogen-bond acceptors (Lipinski definition) is 3. The Balaban J connectivity index is 2.18. The van der Waals surface area contributed by atoms with E-state index in [2.05, 4.69) is 5.32 Å². The van der Waals surface area contributed by atoms with Gasteiger partial charge in [-0.05, 0) is 23.8 Å². The molecule has 0 bridgehead atoms. The molecule has 0 spiro atoms. The molecular weight excluding hydrogens is 300 g/mol. The molecule has 2 rings (SSSR count). The number of halogens is 3. The second-order valence-corrected chi connectivity index (χ2v) is 4.63. The second-order valence-electron chi connectivity index (χ2n) is 4.26. The quantitative estimate of drug-likeness (QED) is 0.895. The van der Waals surface area contributed by atoms with Crippen LogP contribution in [0.1, 0.15) is 5.56 Å². The van der Waals surface area contributed by atoms with Gasteiger partial charge in [0.25, 0.3) is 0 Å². The zero-order valence-electron chi connectivity index (χ0n) is 11.5. The molecule has 0 aliphatic rings. The maximum atomic E-state index is 13.1. The summed E-state index contributed by atoms with van der Waals surface area (Å²) >= 11 is 6.24. The predicted molar refractivity (Wildman–Crippen MR) is 78.2 cm³/mol. The third-order valence-corrected chi connectivity index (χ3v) is 3.38. The monoisotopic (exact) mass is 313 g/mol. The van der Waals surface area contributed by atoms with Gasteiger partial charge in [0.2, 0.25) is 0 Å². The first kappa shape index (κ1) is 15.4. The average Bonchev–Trinajstić information content (AvgIpc) is 2.49. The standard InChI is InChI=1S/C15H14ClF2NO2/c1-20-13-6-3-9(14(16)15(13)21-2)8-19-10-4-5-11(17)12(18)7-10/h3-7,19H,8H2,1-2H3. The van der Waals surface area contributed by atoms with Crippen LogP contribution in [0.25, 0.3) is 0 Å². The van der Waals surface area contributed by atoms with Crippen LogP contribution < -0.4 is 14.8 Å². The number of anilines is 1. The molecule has 0 aliphatic heterocycles. The molecule has 112 valence electrons. The fraction of sp³-hybridized carbons (Fsp3) is 0.200. The van der Waals surface area contributed by atoms with Crippen LogP contribution in [0, 0.1) is 11.6 Å². The molecule has 0 amide bonds. The van der Waals surface area contributed by atoms with E-state index in [4.69, 9.17) is 21.1 Å². The van der Waals surface area contributed by atoms with E-state index in [0.29, 0.717) is 28.8 Å². The van der Waals surface area contributed by atoms with E-state index in [-0.39, 0.29) is 0 Å². The summed E-state index contributed by atoms with van der Waals surface area (Å²) in [7, 11) is 3.02. The first-order valence-electron chi connectivity index (χ1n) is 6.15. The van der Waals surface area contributed by atoms with Gasteiger partial charge < -0.3 is 14.8 Å². The van der Waals surface area contributed by atoms with Gasteiger partial charge in [-0.15, -0.1) is 0 Å². The Hall–Kier alpha value is -2.01. The van der Waals surface area contributed by atoms with Gasteiger partial charge in [0.15, 0.2) is 23.1 Å². The van der Waals surface area contributed by atoms with Crippen molar-refractivity contribution in [2.75, 3.05) is 19.5 Å². The summed E-state index contributed by atoms with van der Waals surface area (Å²) in [6.45, 7) is 0.338. The third-order valence-electron chi connectivity index (χ3n) is 2.97. The summed E-state index contributed by atoms with van der Waals surface area (Å²) in [5.41, 5.74) is 1.21. The summed E-state index contributed by atoms with van der Waals surface area (Å²) in [5, 5.41) is 3.38. The minimum atomic E-state index is -0.904. The van der Waals surface area contributed by atoms with Crippen LogP contribution in [0.4, 0.5) is 14.5 Å². The molecule has 2 aromatic carbocycles. The predicted octanol–water partition coefficient (Wildman–Crippen LogP) is 4.25. The molecule has 0 radical (unpaired) electrons. The number of nitrogens with one attached hydrogen (secondary N) is 1. The Kier molecular flexibility index (Phi) is 4.85. The summed E-state index contributed by atoms with van der Waals surface area (Å²) in [6, 6.07) is 7.11. The van der Waals surface area contributed by atoms with E-state index in [1.54, 1.807) is 12.1 Å². The van der Waals surface area contributed by atoms with Crippen molar-refractivity contribution in [3.63, 3.8) is 0 Å². The number of benzene rings is 2. The average molecular weight is 314 g/mol. The van der Waals surface area contributed by atoms with Crippen LogP contribution in [0.2, 0.25) is 5.02 Å². The maximum Gasteiger partial charge on any atom is 0.179 e. The SMILES string of the molecule is COc1ccc(CNc2ccc(F)c(F)c2)c(Cl)c1OC. The molecule has 0 fully saturated rings. The van der Waals surface area contributed by atoms with Crippen LogP contribution in [-0.2, 0) is 6.54 Å². The molecule has 0 heterocycles. The summed E-state index contributed by atoms with van der Waals surface area (Å²) < 4.78 is 36.3. The molecule has 21 heavy (non-hydrogen) atoms. The highest BCUT2D eigenvalue weighted by Crippen LogP contribution is 2.37. The van der Waals surface area contributed by atoms with Crippen LogP contribution in [0.15, 0.2) is 30.3 Å². The lowest BCUT2D eigenvalue weighted by Crippen LogP contribution is -2.02. The first-order chi connectivity index (χ1) is 10.1. The van der Waals surface area contributed by atoms with E-state index in [1.807, 2.05) is 0 Å². The van der Waals surface area contributed by atoms with Crippen molar-refractivity contribution in [2.45, 2.75) is 6.54 Å². The van der Waals surface area contributed by atoms with Gasteiger partial charge in [0, 0.05) is 18.3 Å². The lowest BCUT2D eigenvalue weighted by Gasteiger charge is -2.14. The zero-order chi connectivity index (χ0) is 15.4. The number of methoxy groups -OCH3 is 2. The molecular formula is C15H14ClF2NO2. The molecule has 6 heteroatoms. The van der Waals surface area contributed by atoms with Gasteiger partial charge in [-0.1, -0.05) is 17.7 Å². The van der Waals surface area contributed by atoms with Crippen molar-refractivity contribution in [1.29, 1.82) is 0 Å². The summed E-state index contributed by atoms with van der Waals surface area (Å²) in [5.74, 6) is -0.828. The van der Waals surface area contributed by atoms with Crippen LogP contribution >= 0.6 is 11.6 Å². The Morgan fingerprint density at radius 3 is 2.43 bits per heavy atom. The van der Waals surface area contributed by atoms with Gasteiger partial charge in [-0.2, -0.15) is 0 Å². The molecule has 0 unspecified atom stereocenters. The number of rotatable bonds is 5. The minimum Gasteiger partial charge on any atom is -0.493 e. The van der Waals surface area contributed by atoms with Crippen molar-refractivity contribution in [3.8, 4) is 11.5 Å². The van der Waals surface area contributed by atoms with Crippen LogP contribution in [-0.4, -0.2) is 14.2 Å². The molecule has 0 saturated carbocycles. The Morgan fingerprint density at radius 2 is 1.81 bits per heavy atom. The highest BCUT2D eigenvalue weighted by Gasteiger charge is 2.13. The number of hydrogen-bond donors (Lipinski definition) is 1. The topological polar surface area (TPSA) is 30.5 Å². The molecule has 0 saturated heterocycles. The Morgan fingerprint density at radius 1 is 1.05 bits per heavy atom. The molecule has 1 N–H and O–H groups in total. The fourth-order valence-electron chi connectivity index (χ4n) is 1.87. The van der Waals surface area contributed by atoms with Crippen LogP contribution in [0.5, 0.6) is 11.5 Å². The molecule has 0 aliphatic carbocycles. The van der Waals surface area contributed by atoms with Gasteiger partial charge >= 0.3 is 0 Å². The van der Waals surface area contributed by atoms with Gasteiger partial charge in [0.1, 0.15) is 0 Å². The minimum absolute atomic E-state index is 0.338. The Bertz CT molecular complexity index is 650. The fourth-order valence-corrected chi connectivity index (χ4v) is 2.17. The third kappa shape index (κ3) is 3.36. The van der Waals surface area contributed by atoms with Crippen molar-refractivity contribution in [2.24, 2.45) is 0 Å². The van der Waals surface area contributed by atoms with E-state index in [9.17, 15) is 8.78 Å². The van der Waals surface area contributed by atoms with Gasteiger partial charge in [-0.3, -0.25) is 0 Å². The van der Waals surface area contributed by atoms with Gasteiger partial charge in [-0.25, -0.2) is 8.78 Å². The Labute approximate surface area is 126 Å². The molecule has 0 aromatic heterocycles. The maximum absolute atomic E-state index is 13.1. The normalized spacial score (nSPS) is 10.3. The van der Waals surface area contributed by atoms with E-state index in [0.717, 1.165) is 17.7 Å². The van der Waals surface area contributed by atoms with Crippen molar-refractivity contribution in [3.05, 3.63) is 52.6 Å². The molecule has 3 nitrogen and oxygen atoms in total. The number of ether oxygens (including phenoxy) is 2. The van der Waals surface area contributed by atoms with Crippen molar-refractivity contribution in [1.82, 2.24) is 0 Å². The zero-order valence-corrected chi connectivity index (χ0v) is 12.3. The second kappa shape index (κ2) is 6.63. The summed E-state index contributed by atoms with van der Waals surface area (Å²) in [6.07, 6.45) is 0. The van der Waals surface area contributed by atoms with Gasteiger partial charge in [0.05, 0.1) is 19.2 Å². The van der Waals surface area contributed by atoms with Crippen LogP contribution in [0.3, 0.4) is 0 Å². The summed E-state index contributed by atoms with van der Waals surface area (Å²) in [4.78, 5) is 0. The lowest BCUT2D eigenvalue weighted by atomic mass is 10.2.